The van der Waals surface area contributed by atoms with Gasteiger partial charge >= 0.3 is 5.97 Å². The van der Waals surface area contributed by atoms with E-state index in [2.05, 4.69) is 36.3 Å². The first-order valence-electron chi connectivity index (χ1n) is 8.52. The van der Waals surface area contributed by atoms with E-state index in [1.165, 1.54) is 13.2 Å². The number of rotatable bonds is 10. The molecule has 0 aliphatic heterocycles. The van der Waals surface area contributed by atoms with Crippen molar-refractivity contribution in [3.63, 3.8) is 0 Å². The van der Waals surface area contributed by atoms with Gasteiger partial charge in [0.1, 0.15) is 5.82 Å². The molecule has 0 aliphatic carbocycles. The number of methoxy groups -OCH3 is 1. The van der Waals surface area contributed by atoms with Crippen molar-refractivity contribution in [1.29, 1.82) is 0 Å². The summed E-state index contributed by atoms with van der Waals surface area (Å²) in [6.07, 6.45) is 4.72. The monoisotopic (exact) mass is 543 g/mol. The first-order valence-corrected chi connectivity index (χ1v) is 9.31. The molecule has 5 nitrogen and oxygen atoms in total. The molecule has 26 heavy (non-hydrogen) atoms. The summed E-state index contributed by atoms with van der Waals surface area (Å²) >= 11 is 3.26. The number of unbranched alkanes of at least 4 members (excludes halogenated alkanes) is 2. The molecular weight excluding hydrogens is 516 g/mol. The van der Waals surface area contributed by atoms with Crippen molar-refractivity contribution in [2.45, 2.75) is 38.5 Å². The number of aliphatic imine (C=N–C) groups is 1. The van der Waals surface area contributed by atoms with Crippen molar-refractivity contribution in [3.8, 4) is 0 Å². The van der Waals surface area contributed by atoms with E-state index in [-0.39, 0.29) is 35.8 Å². The molecular formula is C18H28BrFIN3O2. The zero-order chi connectivity index (χ0) is 18.5. The molecule has 8 heteroatoms. The molecule has 0 saturated heterocycles. The van der Waals surface area contributed by atoms with Gasteiger partial charge in [-0.1, -0.05) is 28.4 Å². The Morgan fingerprint density at radius 1 is 1.19 bits per heavy atom. The minimum absolute atomic E-state index is 0. The maximum Gasteiger partial charge on any atom is 0.305 e. The van der Waals surface area contributed by atoms with E-state index in [0.717, 1.165) is 54.8 Å². The van der Waals surface area contributed by atoms with Gasteiger partial charge in [0.2, 0.25) is 0 Å². The standard InChI is InChI=1S/C18H27BrFN3O2.HI/c1-21-18(22-11-5-3-4-8-17(24)25-2)23-12-6-7-14-9-10-15(19)13-16(14)20;/h9-10,13H,3-8,11-12H2,1-2H3,(H2,21,22,23);1H. The maximum absolute atomic E-state index is 13.7. The van der Waals surface area contributed by atoms with Gasteiger partial charge < -0.3 is 15.4 Å². The molecule has 0 aromatic heterocycles. The van der Waals surface area contributed by atoms with E-state index in [4.69, 9.17) is 0 Å². The topological polar surface area (TPSA) is 62.7 Å². The van der Waals surface area contributed by atoms with Crippen LogP contribution in [0.2, 0.25) is 0 Å². The molecule has 0 saturated carbocycles. The Balaban J connectivity index is 0.00000625. The number of aryl methyl sites for hydroxylation is 1. The van der Waals surface area contributed by atoms with Crippen molar-refractivity contribution < 1.29 is 13.9 Å². The number of ether oxygens (including phenoxy) is 1. The summed E-state index contributed by atoms with van der Waals surface area (Å²) in [7, 11) is 3.13. The van der Waals surface area contributed by atoms with Gasteiger partial charge in [-0.3, -0.25) is 9.79 Å². The average Bonchev–Trinajstić information content (AvgIpc) is 2.60. The van der Waals surface area contributed by atoms with Gasteiger partial charge in [0.15, 0.2) is 5.96 Å². The van der Waals surface area contributed by atoms with Crippen LogP contribution in [0.5, 0.6) is 0 Å². The van der Waals surface area contributed by atoms with Crippen molar-refractivity contribution in [2.24, 2.45) is 4.99 Å². The fourth-order valence-corrected chi connectivity index (χ4v) is 2.64. The Kier molecular flexibility index (Phi) is 14.7. The second-order valence-corrected chi connectivity index (χ2v) is 6.57. The van der Waals surface area contributed by atoms with Gasteiger partial charge in [0, 0.05) is 31.0 Å². The molecule has 2 N–H and O–H groups in total. The number of halogens is 3. The third kappa shape index (κ3) is 10.9. The largest absolute Gasteiger partial charge is 0.469 e. The highest BCUT2D eigenvalue weighted by atomic mass is 127. The molecule has 0 unspecified atom stereocenters. The van der Waals surface area contributed by atoms with Crippen LogP contribution in [0.25, 0.3) is 0 Å². The predicted octanol–water partition coefficient (Wildman–Crippen LogP) is 4.04. The van der Waals surface area contributed by atoms with Gasteiger partial charge in [-0.05, 0) is 43.4 Å². The number of esters is 1. The first-order chi connectivity index (χ1) is 12.1. The number of benzene rings is 1. The van der Waals surface area contributed by atoms with Crippen LogP contribution >= 0.6 is 39.9 Å². The van der Waals surface area contributed by atoms with Crippen LogP contribution in [0.15, 0.2) is 27.7 Å². The number of carbonyl (C=O) groups is 1. The molecule has 1 aromatic carbocycles. The van der Waals surface area contributed by atoms with E-state index < -0.39 is 0 Å². The van der Waals surface area contributed by atoms with Gasteiger partial charge in [-0.25, -0.2) is 4.39 Å². The lowest BCUT2D eigenvalue weighted by molar-refractivity contribution is -0.140. The Morgan fingerprint density at radius 3 is 2.50 bits per heavy atom. The van der Waals surface area contributed by atoms with Crippen LogP contribution in [0, 0.1) is 5.82 Å². The second-order valence-electron chi connectivity index (χ2n) is 5.65. The highest BCUT2D eigenvalue weighted by Crippen LogP contribution is 2.16. The summed E-state index contributed by atoms with van der Waals surface area (Å²) in [5, 5.41) is 6.45. The predicted molar refractivity (Wildman–Crippen MR) is 118 cm³/mol. The van der Waals surface area contributed by atoms with Crippen molar-refractivity contribution >= 4 is 51.8 Å². The number of carbonyl (C=O) groups excluding carboxylic acids is 1. The molecule has 0 aliphatic rings. The highest BCUT2D eigenvalue weighted by Gasteiger charge is 2.03. The lowest BCUT2D eigenvalue weighted by atomic mass is 10.1. The van der Waals surface area contributed by atoms with Crippen molar-refractivity contribution in [2.75, 3.05) is 27.2 Å². The smallest absolute Gasteiger partial charge is 0.305 e. The molecule has 1 aromatic rings. The minimum atomic E-state index is -0.177. The van der Waals surface area contributed by atoms with Gasteiger partial charge in [-0.15, -0.1) is 24.0 Å². The number of guanidine groups is 1. The van der Waals surface area contributed by atoms with E-state index in [0.29, 0.717) is 12.8 Å². The fourth-order valence-electron chi connectivity index (χ4n) is 2.31. The Bertz CT molecular complexity index is 573. The van der Waals surface area contributed by atoms with Crippen LogP contribution < -0.4 is 10.6 Å². The fraction of sp³-hybridized carbons (Fsp3) is 0.556. The van der Waals surface area contributed by atoms with Gasteiger partial charge in [0.05, 0.1) is 7.11 Å². The summed E-state index contributed by atoms with van der Waals surface area (Å²) < 4.78 is 19.1. The van der Waals surface area contributed by atoms with Crippen LogP contribution in [-0.2, 0) is 16.0 Å². The van der Waals surface area contributed by atoms with E-state index in [1.54, 1.807) is 13.1 Å². The molecule has 0 radical (unpaired) electrons. The molecule has 0 heterocycles. The number of hydrogen-bond acceptors (Lipinski definition) is 3. The van der Waals surface area contributed by atoms with Gasteiger partial charge in [-0.2, -0.15) is 0 Å². The lowest BCUT2D eigenvalue weighted by Gasteiger charge is -2.12. The molecule has 0 fully saturated rings. The lowest BCUT2D eigenvalue weighted by Crippen LogP contribution is -2.38. The van der Waals surface area contributed by atoms with E-state index >= 15 is 0 Å². The highest BCUT2D eigenvalue weighted by molar-refractivity contribution is 14.0. The minimum Gasteiger partial charge on any atom is -0.469 e. The Morgan fingerprint density at radius 2 is 1.88 bits per heavy atom. The number of hydrogen-bond donors (Lipinski definition) is 2. The molecule has 0 atom stereocenters. The van der Waals surface area contributed by atoms with Gasteiger partial charge in [0.25, 0.3) is 0 Å². The average molecular weight is 544 g/mol. The van der Waals surface area contributed by atoms with E-state index in [1.807, 2.05) is 6.07 Å². The zero-order valence-electron chi connectivity index (χ0n) is 15.3. The zero-order valence-corrected chi connectivity index (χ0v) is 19.2. The van der Waals surface area contributed by atoms with Crippen LogP contribution in [0.3, 0.4) is 0 Å². The van der Waals surface area contributed by atoms with Crippen LogP contribution in [-0.4, -0.2) is 39.2 Å². The Labute approximate surface area is 180 Å². The molecule has 0 bridgehead atoms. The van der Waals surface area contributed by atoms with Crippen molar-refractivity contribution in [3.05, 3.63) is 34.1 Å². The van der Waals surface area contributed by atoms with Crippen molar-refractivity contribution in [1.82, 2.24) is 10.6 Å². The molecule has 1 rings (SSSR count). The first kappa shape index (κ1) is 25.1. The summed E-state index contributed by atoms with van der Waals surface area (Å²) in [6.45, 7) is 1.51. The van der Waals surface area contributed by atoms with Crippen LogP contribution in [0.1, 0.15) is 37.7 Å². The molecule has 148 valence electrons. The quantitative estimate of drug-likeness (QED) is 0.154. The number of nitrogens with zero attached hydrogens (tertiary/aromatic N) is 1. The summed E-state index contributed by atoms with van der Waals surface area (Å²) in [4.78, 5) is 15.2. The van der Waals surface area contributed by atoms with E-state index in [9.17, 15) is 9.18 Å². The Hall–Kier alpha value is -0.900. The summed E-state index contributed by atoms with van der Waals surface area (Å²) in [6, 6.07) is 5.15. The van der Waals surface area contributed by atoms with Crippen LogP contribution in [0.4, 0.5) is 4.39 Å². The summed E-state index contributed by atoms with van der Waals surface area (Å²) in [5.74, 6) is 0.403. The third-order valence-electron chi connectivity index (χ3n) is 3.73. The second kappa shape index (κ2) is 15.2. The maximum atomic E-state index is 13.7. The third-order valence-corrected chi connectivity index (χ3v) is 4.23. The molecule has 0 spiro atoms. The molecule has 0 amide bonds. The normalized spacial score (nSPS) is 10.8. The SMILES string of the molecule is CN=C(NCCCCCC(=O)OC)NCCCc1ccc(Br)cc1F.I. The summed E-state index contributed by atoms with van der Waals surface area (Å²) in [5.41, 5.74) is 0.721. The number of nitrogens with one attached hydrogen (secondary N) is 2.